The van der Waals surface area contributed by atoms with Gasteiger partial charge in [-0.2, -0.15) is 0 Å². The molecular formula is C42H28BrClN6. The van der Waals surface area contributed by atoms with Gasteiger partial charge in [0.15, 0.2) is 23.3 Å². The van der Waals surface area contributed by atoms with Crippen LogP contribution in [0.25, 0.3) is 67.9 Å². The molecule has 0 bridgehead atoms. The maximum Gasteiger partial charge on any atom is 0.164 e. The van der Waals surface area contributed by atoms with Crippen LogP contribution in [0.15, 0.2) is 175 Å². The van der Waals surface area contributed by atoms with Gasteiger partial charge < -0.3 is 0 Å². The second-order valence-corrected chi connectivity index (χ2v) is 12.4. The third-order valence-corrected chi connectivity index (χ3v) is 8.35. The molecule has 3 heterocycles. The molecule has 8 heteroatoms. The highest BCUT2D eigenvalue weighted by Crippen LogP contribution is 2.29. The molecule has 0 radical (unpaired) electrons. The summed E-state index contributed by atoms with van der Waals surface area (Å²) < 4.78 is 0.993. The lowest BCUT2D eigenvalue weighted by Gasteiger charge is -2.08. The Kier molecular flexibility index (Phi) is 10.2. The van der Waals surface area contributed by atoms with E-state index in [1.54, 1.807) is 12.3 Å². The first kappa shape index (κ1) is 32.6. The third-order valence-electron chi connectivity index (χ3n) is 7.66. The standard InChI is InChI=1S/C21H14BrN3.C21H14ClN3/c22-18-13-7-12-17(14-18)21-24-19(15-8-3-1-4-9-15)23-20(25-21)16-10-5-2-6-11-16;22-20-13-19(24-21(25-20)15-6-2-1-3-7-15)17-9-4-8-16(12-17)18-10-5-11-23-14-18/h2*1-14H. The fourth-order valence-corrected chi connectivity index (χ4v) is 5.82. The minimum atomic E-state index is 0.427. The molecule has 0 amide bonds. The Labute approximate surface area is 303 Å². The van der Waals surface area contributed by atoms with Gasteiger partial charge in [-0.15, -0.1) is 0 Å². The molecule has 0 unspecified atom stereocenters. The summed E-state index contributed by atoms with van der Waals surface area (Å²) in [5.41, 5.74) is 7.76. The number of benzene rings is 5. The van der Waals surface area contributed by atoms with Gasteiger partial charge in [0.2, 0.25) is 0 Å². The molecule has 0 aliphatic rings. The summed E-state index contributed by atoms with van der Waals surface area (Å²) in [5.74, 6) is 2.62. The van der Waals surface area contributed by atoms with Crippen LogP contribution in [0.2, 0.25) is 5.15 Å². The molecule has 0 atom stereocenters. The van der Waals surface area contributed by atoms with Gasteiger partial charge in [-0.3, -0.25) is 4.98 Å². The summed E-state index contributed by atoms with van der Waals surface area (Å²) in [7, 11) is 0. The summed E-state index contributed by atoms with van der Waals surface area (Å²) in [6.45, 7) is 0. The molecule has 6 nitrogen and oxygen atoms in total. The monoisotopic (exact) mass is 730 g/mol. The SMILES string of the molecule is Brc1cccc(-c2nc(-c3ccccc3)nc(-c3ccccc3)n2)c1.Clc1cc(-c2cccc(-c3cccnc3)c2)nc(-c2ccccc2)n1. The third kappa shape index (κ3) is 8.04. The van der Waals surface area contributed by atoms with Crippen molar-refractivity contribution in [2.45, 2.75) is 0 Å². The molecule has 0 saturated carbocycles. The molecule has 8 rings (SSSR count). The predicted molar refractivity (Wildman–Crippen MR) is 205 cm³/mol. The van der Waals surface area contributed by atoms with Crippen LogP contribution in [0.4, 0.5) is 0 Å². The zero-order valence-corrected chi connectivity index (χ0v) is 28.9. The van der Waals surface area contributed by atoms with Crippen molar-refractivity contribution in [3.05, 3.63) is 180 Å². The van der Waals surface area contributed by atoms with Crippen LogP contribution in [0.1, 0.15) is 0 Å². The molecule has 50 heavy (non-hydrogen) atoms. The average Bonchev–Trinajstić information content (AvgIpc) is 3.19. The first-order valence-electron chi connectivity index (χ1n) is 15.8. The number of hydrogen-bond donors (Lipinski definition) is 0. The van der Waals surface area contributed by atoms with Crippen LogP contribution < -0.4 is 0 Å². The van der Waals surface area contributed by atoms with Gasteiger partial charge in [0.25, 0.3) is 0 Å². The Morgan fingerprint density at radius 2 is 0.860 bits per heavy atom. The predicted octanol–water partition coefficient (Wildman–Crippen LogP) is 11.2. The minimum absolute atomic E-state index is 0.427. The maximum atomic E-state index is 6.25. The Morgan fingerprint density at radius 3 is 1.42 bits per heavy atom. The Balaban J connectivity index is 0.000000157. The van der Waals surface area contributed by atoms with E-state index in [-0.39, 0.29) is 0 Å². The van der Waals surface area contributed by atoms with Crippen molar-refractivity contribution in [1.29, 1.82) is 0 Å². The van der Waals surface area contributed by atoms with E-state index in [9.17, 15) is 0 Å². The van der Waals surface area contributed by atoms with Crippen molar-refractivity contribution < 1.29 is 0 Å². The van der Waals surface area contributed by atoms with Gasteiger partial charge in [0.05, 0.1) is 5.69 Å². The highest BCUT2D eigenvalue weighted by atomic mass is 79.9. The number of pyridine rings is 1. The van der Waals surface area contributed by atoms with E-state index in [0.717, 1.165) is 49.1 Å². The van der Waals surface area contributed by atoms with Crippen molar-refractivity contribution in [2.24, 2.45) is 0 Å². The molecule has 0 spiro atoms. The number of aromatic nitrogens is 6. The number of rotatable bonds is 6. The number of nitrogens with zero attached hydrogens (tertiary/aromatic N) is 6. The van der Waals surface area contributed by atoms with E-state index in [2.05, 4.69) is 43.0 Å². The van der Waals surface area contributed by atoms with E-state index in [1.807, 2.05) is 146 Å². The van der Waals surface area contributed by atoms with Gasteiger partial charge in [-0.25, -0.2) is 24.9 Å². The van der Waals surface area contributed by atoms with E-state index in [0.29, 0.717) is 28.5 Å². The van der Waals surface area contributed by atoms with Crippen LogP contribution in [-0.4, -0.2) is 29.9 Å². The van der Waals surface area contributed by atoms with E-state index >= 15 is 0 Å². The smallest absolute Gasteiger partial charge is 0.164 e. The van der Waals surface area contributed by atoms with Gasteiger partial charge in [-0.1, -0.05) is 155 Å². The van der Waals surface area contributed by atoms with Crippen LogP contribution in [-0.2, 0) is 0 Å². The lowest BCUT2D eigenvalue weighted by Crippen LogP contribution is -2.00. The lowest BCUT2D eigenvalue weighted by atomic mass is 10.0. The molecule has 0 aliphatic heterocycles. The quantitative estimate of drug-likeness (QED) is 0.158. The fraction of sp³-hybridized carbons (Fsp3) is 0. The lowest BCUT2D eigenvalue weighted by molar-refractivity contribution is 1.07. The summed E-state index contributed by atoms with van der Waals surface area (Å²) >= 11 is 9.76. The zero-order valence-electron chi connectivity index (χ0n) is 26.6. The summed E-state index contributed by atoms with van der Waals surface area (Å²) in [5, 5.41) is 0.427. The van der Waals surface area contributed by atoms with E-state index < -0.39 is 0 Å². The van der Waals surface area contributed by atoms with Gasteiger partial charge >= 0.3 is 0 Å². The van der Waals surface area contributed by atoms with Gasteiger partial charge in [0, 0.05) is 56.3 Å². The summed E-state index contributed by atoms with van der Waals surface area (Å²) in [6, 6.07) is 51.7. The van der Waals surface area contributed by atoms with E-state index in [4.69, 9.17) is 26.6 Å². The second-order valence-electron chi connectivity index (χ2n) is 11.1. The Hall–Kier alpha value is -5.89. The molecule has 0 N–H and O–H groups in total. The fourth-order valence-electron chi connectivity index (χ4n) is 5.24. The molecule has 240 valence electrons. The first-order chi connectivity index (χ1) is 24.6. The first-order valence-corrected chi connectivity index (χ1v) is 17.0. The number of hydrogen-bond acceptors (Lipinski definition) is 6. The molecule has 0 fully saturated rings. The minimum Gasteiger partial charge on any atom is -0.264 e. The summed E-state index contributed by atoms with van der Waals surface area (Å²) in [4.78, 5) is 27.3. The van der Waals surface area contributed by atoms with Crippen molar-refractivity contribution in [1.82, 2.24) is 29.9 Å². The zero-order chi connectivity index (χ0) is 34.1. The highest BCUT2D eigenvalue weighted by Gasteiger charge is 2.12. The number of halogens is 2. The second kappa shape index (κ2) is 15.6. The molecule has 0 aliphatic carbocycles. The average molecular weight is 732 g/mol. The van der Waals surface area contributed by atoms with Crippen LogP contribution in [0.3, 0.4) is 0 Å². The molecule has 5 aromatic carbocycles. The maximum absolute atomic E-state index is 6.25. The van der Waals surface area contributed by atoms with E-state index in [1.165, 1.54) is 0 Å². The highest BCUT2D eigenvalue weighted by molar-refractivity contribution is 9.10. The molecule has 8 aromatic rings. The van der Waals surface area contributed by atoms with Gasteiger partial charge in [-0.05, 0) is 29.8 Å². The molecule has 0 saturated heterocycles. The summed E-state index contributed by atoms with van der Waals surface area (Å²) in [6.07, 6.45) is 3.62. The van der Waals surface area contributed by atoms with Crippen molar-refractivity contribution in [3.63, 3.8) is 0 Å². The van der Waals surface area contributed by atoms with Crippen LogP contribution in [0, 0.1) is 0 Å². The topological polar surface area (TPSA) is 77.3 Å². The van der Waals surface area contributed by atoms with Crippen molar-refractivity contribution >= 4 is 27.5 Å². The Bertz CT molecular complexity index is 2280. The van der Waals surface area contributed by atoms with Crippen LogP contribution in [0.5, 0.6) is 0 Å². The van der Waals surface area contributed by atoms with Crippen molar-refractivity contribution in [3.8, 4) is 67.9 Å². The normalized spacial score (nSPS) is 10.6. The largest absolute Gasteiger partial charge is 0.264 e. The van der Waals surface area contributed by atoms with Gasteiger partial charge in [0.1, 0.15) is 5.15 Å². The molecular weight excluding hydrogens is 704 g/mol. The molecule has 3 aromatic heterocycles. The van der Waals surface area contributed by atoms with Crippen molar-refractivity contribution in [2.75, 3.05) is 0 Å². The van der Waals surface area contributed by atoms with Crippen LogP contribution >= 0.6 is 27.5 Å². The Morgan fingerprint density at radius 1 is 0.380 bits per heavy atom.